The molecule has 2 aliphatic rings. The summed E-state index contributed by atoms with van der Waals surface area (Å²) in [6, 6.07) is 4.18. The van der Waals surface area contributed by atoms with E-state index in [0.717, 1.165) is 51.2 Å². The van der Waals surface area contributed by atoms with Crippen LogP contribution in [0.1, 0.15) is 37.2 Å². The second kappa shape index (κ2) is 6.32. The lowest BCUT2D eigenvalue weighted by Gasteiger charge is -2.33. The standard InChI is InChI=1S/C18H24N4O/c23-17-4-2-8-22(17)12-11-21-9-5-14(6-10-21)16-13-20-18-15(16)3-1-7-19-18/h1,3,7,13-14H,2,4-6,8-12H2,(H,19,20). The number of likely N-dealkylation sites (tertiary alicyclic amines) is 2. The minimum atomic E-state index is 0.339. The molecule has 4 heterocycles. The quantitative estimate of drug-likeness (QED) is 0.943. The van der Waals surface area contributed by atoms with Crippen LogP contribution < -0.4 is 0 Å². The molecule has 0 bridgehead atoms. The fourth-order valence-corrected chi connectivity index (χ4v) is 3.99. The maximum absolute atomic E-state index is 11.7. The van der Waals surface area contributed by atoms with E-state index in [0.29, 0.717) is 11.8 Å². The van der Waals surface area contributed by atoms with Crippen molar-refractivity contribution in [3.63, 3.8) is 0 Å². The summed E-state index contributed by atoms with van der Waals surface area (Å²) >= 11 is 0. The number of carbonyl (C=O) groups excluding carboxylic acids is 1. The van der Waals surface area contributed by atoms with Crippen molar-refractivity contribution >= 4 is 16.9 Å². The van der Waals surface area contributed by atoms with Crippen LogP contribution in [-0.4, -0.2) is 58.4 Å². The Morgan fingerprint density at radius 2 is 2.09 bits per heavy atom. The molecule has 2 aromatic rings. The Morgan fingerprint density at radius 3 is 2.87 bits per heavy atom. The average molecular weight is 312 g/mol. The van der Waals surface area contributed by atoms with Crippen molar-refractivity contribution in [2.75, 3.05) is 32.7 Å². The van der Waals surface area contributed by atoms with E-state index in [1.165, 1.54) is 23.8 Å². The molecule has 5 nitrogen and oxygen atoms in total. The second-order valence-electron chi connectivity index (χ2n) is 6.74. The summed E-state index contributed by atoms with van der Waals surface area (Å²) in [5, 5.41) is 1.27. The van der Waals surface area contributed by atoms with Gasteiger partial charge in [0.15, 0.2) is 0 Å². The number of fused-ring (bicyclic) bond motifs is 1. The fraction of sp³-hybridized carbons (Fsp3) is 0.556. The smallest absolute Gasteiger partial charge is 0.222 e. The zero-order valence-corrected chi connectivity index (χ0v) is 13.5. The maximum Gasteiger partial charge on any atom is 0.222 e. The predicted octanol–water partition coefficient (Wildman–Crippen LogP) is 2.36. The van der Waals surface area contributed by atoms with E-state index >= 15 is 0 Å². The first-order chi connectivity index (χ1) is 11.3. The summed E-state index contributed by atoms with van der Waals surface area (Å²) < 4.78 is 0. The number of piperidine rings is 1. The molecule has 2 aromatic heterocycles. The van der Waals surface area contributed by atoms with Crippen LogP contribution in [-0.2, 0) is 4.79 Å². The van der Waals surface area contributed by atoms with Gasteiger partial charge in [-0.3, -0.25) is 4.79 Å². The molecule has 1 amide bonds. The predicted molar refractivity (Wildman–Crippen MR) is 90.3 cm³/mol. The normalized spacial score (nSPS) is 20.7. The molecule has 0 aromatic carbocycles. The molecular formula is C18H24N4O. The molecule has 1 N–H and O–H groups in total. The van der Waals surface area contributed by atoms with Crippen molar-refractivity contribution in [2.45, 2.75) is 31.6 Å². The first-order valence-electron chi connectivity index (χ1n) is 8.73. The minimum Gasteiger partial charge on any atom is -0.346 e. The van der Waals surface area contributed by atoms with Crippen molar-refractivity contribution in [2.24, 2.45) is 0 Å². The van der Waals surface area contributed by atoms with E-state index in [4.69, 9.17) is 0 Å². The van der Waals surface area contributed by atoms with Crippen molar-refractivity contribution in [1.82, 2.24) is 19.8 Å². The summed E-state index contributed by atoms with van der Waals surface area (Å²) in [6.45, 7) is 5.13. The van der Waals surface area contributed by atoms with Gasteiger partial charge in [0.25, 0.3) is 0 Å². The SMILES string of the molecule is O=C1CCCN1CCN1CCC(c2c[nH]c3ncccc23)CC1. The Balaban J connectivity index is 1.33. The summed E-state index contributed by atoms with van der Waals surface area (Å²) in [5.74, 6) is 0.962. The van der Waals surface area contributed by atoms with Crippen LogP contribution in [0.2, 0.25) is 0 Å². The molecule has 4 rings (SSSR count). The number of aromatic amines is 1. The number of hydrogen-bond donors (Lipinski definition) is 1. The number of amides is 1. The number of H-pyrrole nitrogens is 1. The summed E-state index contributed by atoms with van der Waals surface area (Å²) in [6.07, 6.45) is 8.14. The lowest BCUT2D eigenvalue weighted by Crippen LogP contribution is -2.39. The first-order valence-corrected chi connectivity index (χ1v) is 8.73. The highest BCUT2D eigenvalue weighted by molar-refractivity contribution is 5.80. The molecule has 2 aliphatic heterocycles. The van der Waals surface area contributed by atoms with E-state index in [1.54, 1.807) is 0 Å². The van der Waals surface area contributed by atoms with Gasteiger partial charge in [0, 0.05) is 43.8 Å². The monoisotopic (exact) mass is 312 g/mol. The number of pyridine rings is 1. The summed E-state index contributed by atoms with van der Waals surface area (Å²) in [4.78, 5) is 23.9. The van der Waals surface area contributed by atoms with Gasteiger partial charge in [-0.2, -0.15) is 0 Å². The van der Waals surface area contributed by atoms with Crippen molar-refractivity contribution in [1.29, 1.82) is 0 Å². The molecule has 0 saturated carbocycles. The Kier molecular flexibility index (Phi) is 4.04. The molecule has 2 fully saturated rings. The molecular weight excluding hydrogens is 288 g/mol. The van der Waals surface area contributed by atoms with E-state index in [2.05, 4.69) is 27.1 Å². The zero-order valence-electron chi connectivity index (χ0n) is 13.5. The van der Waals surface area contributed by atoms with Gasteiger partial charge in [-0.05, 0) is 56.0 Å². The van der Waals surface area contributed by atoms with Crippen LogP contribution in [0.5, 0.6) is 0 Å². The van der Waals surface area contributed by atoms with Gasteiger partial charge in [-0.25, -0.2) is 4.98 Å². The molecule has 0 radical (unpaired) electrons. The number of nitrogens with one attached hydrogen (secondary N) is 1. The van der Waals surface area contributed by atoms with Crippen molar-refractivity contribution < 1.29 is 4.79 Å². The third kappa shape index (κ3) is 2.98. The first kappa shape index (κ1) is 14.7. The van der Waals surface area contributed by atoms with Crippen LogP contribution >= 0.6 is 0 Å². The van der Waals surface area contributed by atoms with Gasteiger partial charge in [-0.1, -0.05) is 0 Å². The fourth-order valence-electron chi connectivity index (χ4n) is 3.99. The van der Waals surface area contributed by atoms with Gasteiger partial charge in [0.2, 0.25) is 5.91 Å². The van der Waals surface area contributed by atoms with Gasteiger partial charge in [0.1, 0.15) is 5.65 Å². The van der Waals surface area contributed by atoms with Crippen molar-refractivity contribution in [3.05, 3.63) is 30.1 Å². The number of aromatic nitrogens is 2. The highest BCUT2D eigenvalue weighted by Gasteiger charge is 2.25. The Hall–Kier alpha value is -1.88. The maximum atomic E-state index is 11.7. The summed E-state index contributed by atoms with van der Waals surface area (Å²) in [7, 11) is 0. The van der Waals surface area contributed by atoms with Crippen molar-refractivity contribution in [3.8, 4) is 0 Å². The largest absolute Gasteiger partial charge is 0.346 e. The number of hydrogen-bond acceptors (Lipinski definition) is 3. The molecule has 0 aliphatic carbocycles. The molecule has 0 spiro atoms. The highest BCUT2D eigenvalue weighted by Crippen LogP contribution is 2.32. The average Bonchev–Trinajstić information content (AvgIpc) is 3.20. The van der Waals surface area contributed by atoms with Crippen LogP contribution in [0, 0.1) is 0 Å². The third-order valence-electron chi connectivity index (χ3n) is 5.37. The van der Waals surface area contributed by atoms with Gasteiger partial charge in [-0.15, -0.1) is 0 Å². The second-order valence-corrected chi connectivity index (χ2v) is 6.74. The van der Waals surface area contributed by atoms with Crippen LogP contribution in [0.25, 0.3) is 11.0 Å². The van der Waals surface area contributed by atoms with Gasteiger partial charge < -0.3 is 14.8 Å². The van der Waals surface area contributed by atoms with Crippen LogP contribution in [0.15, 0.2) is 24.5 Å². The molecule has 122 valence electrons. The number of rotatable bonds is 4. The molecule has 2 saturated heterocycles. The topological polar surface area (TPSA) is 52.2 Å². The van der Waals surface area contributed by atoms with Crippen LogP contribution in [0.4, 0.5) is 0 Å². The van der Waals surface area contributed by atoms with E-state index in [-0.39, 0.29) is 0 Å². The van der Waals surface area contributed by atoms with E-state index in [9.17, 15) is 4.79 Å². The third-order valence-corrected chi connectivity index (χ3v) is 5.37. The highest BCUT2D eigenvalue weighted by atomic mass is 16.2. The van der Waals surface area contributed by atoms with Gasteiger partial charge in [0.05, 0.1) is 0 Å². The lowest BCUT2D eigenvalue weighted by atomic mass is 9.89. The van der Waals surface area contributed by atoms with E-state index < -0.39 is 0 Å². The summed E-state index contributed by atoms with van der Waals surface area (Å²) in [5.41, 5.74) is 2.42. The molecule has 0 unspecified atom stereocenters. The van der Waals surface area contributed by atoms with E-state index in [1.807, 2.05) is 17.2 Å². The molecule has 5 heteroatoms. The Bertz CT molecular complexity index is 687. The van der Waals surface area contributed by atoms with Gasteiger partial charge >= 0.3 is 0 Å². The Morgan fingerprint density at radius 1 is 1.22 bits per heavy atom. The Labute approximate surface area is 136 Å². The zero-order chi connectivity index (χ0) is 15.6. The lowest BCUT2D eigenvalue weighted by molar-refractivity contribution is -0.127. The minimum absolute atomic E-state index is 0.339. The van der Waals surface area contributed by atoms with Crippen LogP contribution in [0.3, 0.4) is 0 Å². The molecule has 23 heavy (non-hydrogen) atoms. The number of nitrogens with zero attached hydrogens (tertiary/aromatic N) is 3. The molecule has 0 atom stereocenters. The number of carbonyl (C=O) groups is 1.